The molecule has 0 amide bonds. The van der Waals surface area contributed by atoms with Crippen molar-refractivity contribution in [3.05, 3.63) is 95.1 Å². The lowest BCUT2D eigenvalue weighted by atomic mass is 9.89. The number of carbonyl (C=O) groups excluding carboxylic acids is 7. The highest BCUT2D eigenvalue weighted by molar-refractivity contribution is 8.12. The molecule has 12 rings (SSSR count). The van der Waals surface area contributed by atoms with Gasteiger partial charge in [0.05, 0.1) is 6.10 Å². The number of aliphatic hydroxyl groups excluding tert-OH is 1. The first-order valence-electron chi connectivity index (χ1n) is 54.2. The van der Waals surface area contributed by atoms with E-state index in [0.717, 1.165) is 218 Å². The quantitative estimate of drug-likeness (QED) is 0.0103. The van der Waals surface area contributed by atoms with Gasteiger partial charge in [-0.05, 0) is 242 Å². The zero-order chi connectivity index (χ0) is 108. The number of ether oxygens (including phenoxy) is 10. The first-order chi connectivity index (χ1) is 71.0. The number of hydrogen-bond acceptors (Lipinski definition) is 33. The number of halogens is 1. The van der Waals surface area contributed by atoms with Gasteiger partial charge in [-0.15, -0.1) is 0 Å². The second kappa shape index (κ2) is 65.6. The largest absolute Gasteiger partial charge is 0.486 e. The lowest BCUT2D eigenvalue weighted by Gasteiger charge is -2.31. The maximum Gasteiger partial charge on any atom is 0.350 e. The van der Waals surface area contributed by atoms with Crippen LogP contribution in [0.2, 0.25) is 0 Å². The van der Waals surface area contributed by atoms with Crippen LogP contribution in [0.25, 0.3) is 0 Å². The summed E-state index contributed by atoms with van der Waals surface area (Å²) in [7, 11) is -12.5. The van der Waals surface area contributed by atoms with Crippen LogP contribution in [0.1, 0.15) is 347 Å². The highest BCUT2D eigenvalue weighted by Gasteiger charge is 2.41. The topological polar surface area (TPSA) is 448 Å². The summed E-state index contributed by atoms with van der Waals surface area (Å²) in [5, 5.41) is 16.5. The Morgan fingerprint density at radius 2 is 0.597 bits per heavy atom. The molecule has 40 heteroatoms. The molecule has 4 aromatic rings. The predicted molar refractivity (Wildman–Crippen MR) is 570 cm³/mol. The van der Waals surface area contributed by atoms with Gasteiger partial charge in [-0.25, -0.2) is 14.1 Å². The minimum atomic E-state index is -4.34. The zero-order valence-electron chi connectivity index (χ0n) is 89.8. The molecule has 0 aromatic heterocycles. The molecule has 0 radical (unpaired) electrons. The van der Waals surface area contributed by atoms with E-state index in [-0.39, 0.29) is 54.2 Å². The summed E-state index contributed by atoms with van der Waals surface area (Å²) in [6.45, 7) is 32.3. The molecule has 8 aliphatic rings. The van der Waals surface area contributed by atoms with Crippen molar-refractivity contribution in [1.82, 2.24) is 19.6 Å². The van der Waals surface area contributed by atoms with Crippen molar-refractivity contribution in [2.75, 3.05) is 143 Å². The number of benzene rings is 4. The number of likely N-dealkylation sites (tertiary alicyclic amines) is 4. The summed E-state index contributed by atoms with van der Waals surface area (Å²) in [5.41, 5.74) is 0.907. The second-order valence-electron chi connectivity index (χ2n) is 42.0. The smallest absolute Gasteiger partial charge is 0.350 e. The van der Waals surface area contributed by atoms with Crippen LogP contribution >= 0.6 is 10.7 Å². The average Bonchev–Trinajstić information content (AvgIpc) is 0.980. The fourth-order valence-electron chi connectivity index (χ4n) is 19.6. The molecule has 4 aromatic carbocycles. The van der Waals surface area contributed by atoms with E-state index in [2.05, 4.69) is 62.4 Å². The van der Waals surface area contributed by atoms with E-state index in [1.165, 1.54) is 38.5 Å². The van der Waals surface area contributed by atoms with E-state index < -0.39 is 111 Å². The molecular formula is C109H169ClN6O29S4. The van der Waals surface area contributed by atoms with Crippen LogP contribution in [0.15, 0.2) is 77.2 Å². The molecule has 4 fully saturated rings. The summed E-state index contributed by atoms with van der Waals surface area (Å²) < 4.78 is 171. The first-order valence-corrected chi connectivity index (χ1v) is 61.1. The normalized spacial score (nSPS) is 17.5. The number of isocyanates is 1. The number of unbranched alkanes of at least 4 members (excludes halogenated alkanes) is 16. The van der Waals surface area contributed by atoms with Crippen LogP contribution in [-0.2, 0) is 95.4 Å². The van der Waals surface area contributed by atoms with Crippen LogP contribution in [0.3, 0.4) is 0 Å². The summed E-state index contributed by atoms with van der Waals surface area (Å²) in [4.78, 5) is 95.0. The van der Waals surface area contributed by atoms with Crippen LogP contribution in [0.4, 0.5) is 0 Å². The highest BCUT2D eigenvalue weighted by Crippen LogP contribution is 2.45. The Kier molecular flexibility index (Phi) is 55.6. The SMILES string of the molecule is CCCCCCCC(=O)C[C@H](CN1CCCC1)[C@H](O)c1ccc2c(c1)OCCO2.CCCCCCCC(=O)C[C@H](CN1CCCC1)[C@H](OS(=O)(=O)CC(=O)OC(C)(C)C)c1ccc2c(c1)OCCO2.CCCCCCCC(=O)C[C@H](CN1CCCC1)[C@H](OS(=O)(=O)CC(=O)OC(C)(C)C)c1ccc2c(c1)OCCO2.CCCCCCCC(=O)C[C@H](CN1CCCC1)[C@H](OS(N)(=O)=O)c1ccc2c(c1)OCCO2.O=C=NS(=O)(=O)Cl. The predicted octanol–water partition coefficient (Wildman–Crippen LogP) is 18.5. The van der Waals surface area contributed by atoms with Gasteiger partial charge in [0, 0.05) is 112 Å². The van der Waals surface area contributed by atoms with Crippen molar-refractivity contribution in [3.63, 3.8) is 0 Å². The standard InChI is InChI=1S/2C30H47NO8S.C24H38N2O6S.C24H37NO4.CClNO3S/c2*1-5-6-7-8-9-12-25(32)19-24(21-31-15-10-11-16-31)29(23-13-14-26-27(20-23)37-18-17-36-26)39-40(34,35)22-28(33)38-30(2,3)4;1-2-3-4-5-6-9-21(27)16-20(18-26-12-7-8-13-26)24(32-33(25,28)29)19-10-11-22-23(17-19)31-15-14-30-22;1-2-3-4-5-6-9-21(26)16-20(18-25-12-7-8-13-25)24(27)19-10-11-22-23(17-19)29-15-14-28-22;2-7(5,6)3-1-4/h2*13-14,20,24,29H,5-12,15-19,21-22H2,1-4H3;10-11,17,20,24H,2-9,12-16,18H2,1H3,(H2,25,28,29);10-11,17,20,24,27H,2-9,12-16,18H2,1H3;/t2*24-,29-;2*20-,24-;/m1111./s1. The molecule has 4 saturated heterocycles. The van der Waals surface area contributed by atoms with Crippen molar-refractivity contribution >= 4 is 91.6 Å². The number of Topliss-reactive ketones (excluding diaryl/α,β-unsaturated/α-hetero) is 4. The molecule has 0 unspecified atom stereocenters. The van der Waals surface area contributed by atoms with Crippen LogP contribution in [-0.4, -0.2) is 254 Å². The lowest BCUT2D eigenvalue weighted by molar-refractivity contribution is -0.152. The number of carbonyl (C=O) groups is 6. The number of esters is 2. The third-order valence-electron chi connectivity index (χ3n) is 26.6. The molecule has 35 nitrogen and oxygen atoms in total. The molecular weight excluding hydrogens is 2020 g/mol. The van der Waals surface area contributed by atoms with E-state index in [9.17, 15) is 67.5 Å². The Morgan fingerprint density at radius 1 is 0.362 bits per heavy atom. The number of hydrogen-bond donors (Lipinski definition) is 2. The molecule has 149 heavy (non-hydrogen) atoms. The Morgan fingerprint density at radius 3 is 0.839 bits per heavy atom. The van der Waals surface area contributed by atoms with E-state index in [1.807, 2.05) is 18.2 Å². The summed E-state index contributed by atoms with van der Waals surface area (Å²) in [5.74, 6) is 0.457. The maximum atomic E-state index is 13.2. The van der Waals surface area contributed by atoms with Gasteiger partial charge in [0.2, 0.25) is 0 Å². The van der Waals surface area contributed by atoms with Gasteiger partial charge in [0.1, 0.15) is 106 Å². The monoisotopic (exact) mass is 2190 g/mol. The zero-order valence-corrected chi connectivity index (χ0v) is 93.8. The Hall–Kier alpha value is -7.99. The average molecular weight is 2190 g/mol. The van der Waals surface area contributed by atoms with Crippen molar-refractivity contribution in [2.24, 2.45) is 33.2 Å². The van der Waals surface area contributed by atoms with Crippen molar-refractivity contribution in [1.29, 1.82) is 0 Å². The van der Waals surface area contributed by atoms with Crippen molar-refractivity contribution in [2.45, 2.75) is 336 Å². The van der Waals surface area contributed by atoms with Crippen molar-refractivity contribution < 1.29 is 132 Å². The number of fused-ring (bicyclic) bond motifs is 4. The van der Waals surface area contributed by atoms with Crippen molar-refractivity contribution in [3.8, 4) is 46.0 Å². The molecule has 0 bridgehead atoms. The Bertz CT molecular complexity index is 5110. The molecule has 8 heterocycles. The minimum Gasteiger partial charge on any atom is -0.486 e. The molecule has 840 valence electrons. The molecule has 8 aliphatic heterocycles. The molecule has 0 saturated carbocycles. The summed E-state index contributed by atoms with van der Waals surface area (Å²) >= 11 is 0. The van der Waals surface area contributed by atoms with Crippen LogP contribution in [0, 0.1) is 23.7 Å². The van der Waals surface area contributed by atoms with Crippen LogP contribution < -0.4 is 43.0 Å². The molecule has 8 atom stereocenters. The maximum absolute atomic E-state index is 13.2. The molecule has 0 aliphatic carbocycles. The second-order valence-corrected chi connectivity index (χ2v) is 48.5. The highest BCUT2D eigenvalue weighted by atomic mass is 35.7. The third kappa shape index (κ3) is 50.0. The lowest BCUT2D eigenvalue weighted by Crippen LogP contribution is -2.35. The van der Waals surface area contributed by atoms with Gasteiger partial charge in [-0.1, -0.05) is 159 Å². The summed E-state index contributed by atoms with van der Waals surface area (Å²) in [6.07, 6.45) is 30.8. The Labute approximate surface area is 890 Å². The van der Waals surface area contributed by atoms with Gasteiger partial charge in [-0.3, -0.25) is 37.1 Å². The molecule has 0 spiro atoms. The number of nitrogens with zero attached hydrogens (tertiary/aromatic N) is 5. The Balaban J connectivity index is 0.000000238. The molecule has 3 N–H and O–H groups in total. The number of ketones is 4. The van der Waals surface area contributed by atoms with E-state index in [1.54, 1.807) is 96.1 Å². The number of rotatable bonds is 59. The van der Waals surface area contributed by atoms with Gasteiger partial charge >= 0.3 is 31.5 Å². The first kappa shape index (κ1) is 126. The van der Waals surface area contributed by atoms with E-state index in [4.69, 9.17) is 69.9 Å². The van der Waals surface area contributed by atoms with E-state index in [0.29, 0.717) is 162 Å². The fourth-order valence-corrected chi connectivity index (χ4v) is 22.3. The fraction of sp³-hybridized carbons (Fsp3) is 0.716. The van der Waals surface area contributed by atoms with Crippen LogP contribution in [0.5, 0.6) is 46.0 Å². The number of aliphatic hydroxyl groups is 1. The summed E-state index contributed by atoms with van der Waals surface area (Å²) in [6, 6.07) is 21.4. The number of nitrogens with two attached hydrogens (primary N) is 1. The van der Waals surface area contributed by atoms with Gasteiger partial charge in [0.15, 0.2) is 57.5 Å². The third-order valence-corrected chi connectivity index (χ3v) is 29.8. The van der Waals surface area contributed by atoms with Gasteiger partial charge < -0.3 is 72.1 Å². The van der Waals surface area contributed by atoms with Gasteiger partial charge in [0.25, 0.3) is 26.3 Å². The minimum absolute atomic E-state index is 0.0844. The van der Waals surface area contributed by atoms with Gasteiger partial charge in [-0.2, -0.15) is 33.7 Å². The van der Waals surface area contributed by atoms with E-state index >= 15 is 0 Å².